The first-order valence-electron chi connectivity index (χ1n) is 6.09. The van der Waals surface area contributed by atoms with Crippen LogP contribution in [0, 0.1) is 0 Å². The Labute approximate surface area is 108 Å². The summed E-state index contributed by atoms with van der Waals surface area (Å²) in [5.41, 5.74) is 0.0154. The molecule has 5 heteroatoms. The van der Waals surface area contributed by atoms with Gasteiger partial charge < -0.3 is 10.6 Å². The van der Waals surface area contributed by atoms with Gasteiger partial charge in [-0.2, -0.15) is 4.98 Å². The van der Waals surface area contributed by atoms with Crippen molar-refractivity contribution in [1.82, 2.24) is 9.97 Å². The van der Waals surface area contributed by atoms with Crippen molar-refractivity contribution in [3.05, 3.63) is 11.2 Å². The number of rotatable bonds is 6. The lowest BCUT2D eigenvalue weighted by atomic mass is 9.96. The minimum absolute atomic E-state index is 0.0154. The van der Waals surface area contributed by atoms with Crippen LogP contribution in [0.25, 0.3) is 0 Å². The van der Waals surface area contributed by atoms with Gasteiger partial charge >= 0.3 is 0 Å². The van der Waals surface area contributed by atoms with E-state index in [9.17, 15) is 0 Å². The zero-order valence-electron chi connectivity index (χ0n) is 11.0. The number of hydrogen-bond donors (Lipinski definition) is 2. The van der Waals surface area contributed by atoms with Crippen LogP contribution in [0.1, 0.15) is 40.5 Å². The van der Waals surface area contributed by atoms with Gasteiger partial charge in [-0.25, -0.2) is 4.98 Å². The zero-order chi connectivity index (χ0) is 12.9. The zero-order valence-corrected chi connectivity index (χ0v) is 11.7. The summed E-state index contributed by atoms with van der Waals surface area (Å²) in [7, 11) is 0. The molecule has 0 saturated carbocycles. The van der Waals surface area contributed by atoms with Crippen molar-refractivity contribution in [2.45, 2.75) is 46.1 Å². The highest BCUT2D eigenvalue weighted by Gasteiger charge is 2.21. The molecule has 0 bridgehead atoms. The Kier molecular flexibility index (Phi) is 5.00. The molecule has 0 aromatic carbocycles. The highest BCUT2D eigenvalue weighted by atomic mass is 35.5. The monoisotopic (exact) mass is 256 g/mol. The first-order chi connectivity index (χ1) is 8.04. The van der Waals surface area contributed by atoms with Crippen LogP contribution < -0.4 is 10.6 Å². The van der Waals surface area contributed by atoms with E-state index in [2.05, 4.69) is 41.4 Å². The van der Waals surface area contributed by atoms with Crippen molar-refractivity contribution in [2.75, 3.05) is 17.2 Å². The van der Waals surface area contributed by atoms with Gasteiger partial charge in [-0.05, 0) is 26.7 Å². The molecular formula is C12H21ClN4. The number of nitrogens with one attached hydrogen (secondary N) is 2. The average molecular weight is 257 g/mol. The molecule has 1 rings (SSSR count). The van der Waals surface area contributed by atoms with Crippen molar-refractivity contribution in [3.63, 3.8) is 0 Å². The van der Waals surface area contributed by atoms with Crippen LogP contribution >= 0.6 is 11.6 Å². The molecule has 1 aromatic heterocycles. The van der Waals surface area contributed by atoms with E-state index in [-0.39, 0.29) is 5.54 Å². The average Bonchev–Trinajstić information content (AvgIpc) is 2.33. The lowest BCUT2D eigenvalue weighted by molar-refractivity contribution is 0.477. The summed E-state index contributed by atoms with van der Waals surface area (Å²) in [4.78, 5) is 8.49. The molecule has 4 nitrogen and oxygen atoms in total. The molecule has 1 heterocycles. The van der Waals surface area contributed by atoms with Crippen molar-refractivity contribution in [3.8, 4) is 0 Å². The van der Waals surface area contributed by atoms with Crippen LogP contribution in [0.5, 0.6) is 0 Å². The van der Waals surface area contributed by atoms with E-state index >= 15 is 0 Å². The predicted molar refractivity (Wildman–Crippen MR) is 73.8 cm³/mol. The van der Waals surface area contributed by atoms with Crippen molar-refractivity contribution in [1.29, 1.82) is 0 Å². The molecule has 0 saturated heterocycles. The van der Waals surface area contributed by atoms with E-state index in [1.165, 1.54) is 0 Å². The third-order valence-electron chi connectivity index (χ3n) is 3.06. The summed E-state index contributed by atoms with van der Waals surface area (Å²) in [5, 5.41) is 7.03. The minimum atomic E-state index is 0.0154. The molecule has 17 heavy (non-hydrogen) atoms. The number of halogens is 1. The van der Waals surface area contributed by atoms with Crippen LogP contribution in [0.4, 0.5) is 11.8 Å². The number of anilines is 2. The van der Waals surface area contributed by atoms with Gasteiger partial charge in [0.25, 0.3) is 0 Å². The summed E-state index contributed by atoms with van der Waals surface area (Å²) in [6.45, 7) is 9.26. The number of hydrogen-bond acceptors (Lipinski definition) is 4. The van der Waals surface area contributed by atoms with E-state index < -0.39 is 0 Å². The minimum Gasteiger partial charge on any atom is -0.364 e. The lowest BCUT2D eigenvalue weighted by Gasteiger charge is -2.29. The number of nitrogens with zero attached hydrogens (tertiary/aromatic N) is 2. The third kappa shape index (κ3) is 3.73. The van der Waals surface area contributed by atoms with Crippen molar-refractivity contribution in [2.24, 2.45) is 0 Å². The van der Waals surface area contributed by atoms with Crippen LogP contribution in [-0.4, -0.2) is 22.1 Å². The smallest absolute Gasteiger partial charge is 0.224 e. The highest BCUT2D eigenvalue weighted by molar-refractivity contribution is 6.32. The predicted octanol–water partition coefficient (Wildman–Crippen LogP) is 3.55. The van der Waals surface area contributed by atoms with Gasteiger partial charge in [0.15, 0.2) is 5.82 Å². The summed E-state index contributed by atoms with van der Waals surface area (Å²) < 4.78 is 0. The summed E-state index contributed by atoms with van der Waals surface area (Å²) in [6, 6.07) is 0. The Balaban J connectivity index is 2.92. The standard InChI is InChI=1S/C12H21ClN4/c1-5-12(4,6-2)17-10-9(13)8-15-11(16-10)14-7-3/h8H,5-7H2,1-4H3,(H2,14,15,16,17). The Morgan fingerprint density at radius 3 is 2.47 bits per heavy atom. The molecule has 0 unspecified atom stereocenters. The second-order valence-corrected chi connectivity index (χ2v) is 4.72. The fourth-order valence-corrected chi connectivity index (χ4v) is 1.55. The molecule has 0 amide bonds. The largest absolute Gasteiger partial charge is 0.364 e. The quantitative estimate of drug-likeness (QED) is 0.817. The van der Waals surface area contributed by atoms with Gasteiger partial charge in [0.2, 0.25) is 5.95 Å². The van der Waals surface area contributed by atoms with Crippen LogP contribution in [0.15, 0.2) is 6.20 Å². The SMILES string of the molecule is CCNc1ncc(Cl)c(NC(C)(CC)CC)n1. The second-order valence-electron chi connectivity index (χ2n) is 4.31. The molecule has 0 aliphatic carbocycles. The molecule has 2 N–H and O–H groups in total. The molecular weight excluding hydrogens is 236 g/mol. The van der Waals surface area contributed by atoms with Crippen LogP contribution in [-0.2, 0) is 0 Å². The molecule has 0 fully saturated rings. The van der Waals surface area contributed by atoms with E-state index in [1.54, 1.807) is 6.20 Å². The Morgan fingerprint density at radius 1 is 1.29 bits per heavy atom. The lowest BCUT2D eigenvalue weighted by Crippen LogP contribution is -2.33. The highest BCUT2D eigenvalue weighted by Crippen LogP contribution is 2.26. The molecule has 0 radical (unpaired) electrons. The molecule has 0 atom stereocenters. The summed E-state index contributed by atoms with van der Waals surface area (Å²) >= 11 is 6.10. The number of aromatic nitrogens is 2. The van der Waals surface area contributed by atoms with Gasteiger partial charge in [0, 0.05) is 12.1 Å². The van der Waals surface area contributed by atoms with Gasteiger partial charge in [-0.15, -0.1) is 0 Å². The third-order valence-corrected chi connectivity index (χ3v) is 3.34. The topological polar surface area (TPSA) is 49.8 Å². The first kappa shape index (κ1) is 14.0. The maximum absolute atomic E-state index is 6.10. The Morgan fingerprint density at radius 2 is 1.94 bits per heavy atom. The first-order valence-corrected chi connectivity index (χ1v) is 6.47. The van der Waals surface area contributed by atoms with E-state index in [0.29, 0.717) is 16.8 Å². The maximum Gasteiger partial charge on any atom is 0.224 e. The summed E-state index contributed by atoms with van der Waals surface area (Å²) in [6.07, 6.45) is 3.65. The normalized spacial score (nSPS) is 11.4. The summed E-state index contributed by atoms with van der Waals surface area (Å²) in [5.74, 6) is 1.30. The molecule has 0 aliphatic heterocycles. The van der Waals surface area contributed by atoms with E-state index in [0.717, 1.165) is 19.4 Å². The van der Waals surface area contributed by atoms with E-state index in [4.69, 9.17) is 11.6 Å². The fraction of sp³-hybridized carbons (Fsp3) is 0.667. The van der Waals surface area contributed by atoms with Gasteiger partial charge in [0.05, 0.1) is 6.20 Å². The van der Waals surface area contributed by atoms with E-state index in [1.807, 2.05) is 6.92 Å². The molecule has 0 aliphatic rings. The van der Waals surface area contributed by atoms with Crippen molar-refractivity contribution >= 4 is 23.4 Å². The van der Waals surface area contributed by atoms with Crippen LogP contribution in [0.3, 0.4) is 0 Å². The maximum atomic E-state index is 6.10. The van der Waals surface area contributed by atoms with Gasteiger partial charge in [0.1, 0.15) is 5.02 Å². The molecule has 0 spiro atoms. The van der Waals surface area contributed by atoms with Gasteiger partial charge in [-0.3, -0.25) is 0 Å². The fourth-order valence-electron chi connectivity index (χ4n) is 1.41. The molecule has 96 valence electrons. The Bertz CT molecular complexity index is 364. The van der Waals surface area contributed by atoms with Crippen molar-refractivity contribution < 1.29 is 0 Å². The van der Waals surface area contributed by atoms with Crippen LogP contribution in [0.2, 0.25) is 5.02 Å². The second kappa shape index (κ2) is 6.05. The molecule has 1 aromatic rings. The van der Waals surface area contributed by atoms with Gasteiger partial charge in [-0.1, -0.05) is 25.4 Å². The Hall–Kier alpha value is -1.03.